The van der Waals surface area contributed by atoms with E-state index < -0.39 is 53.4 Å². The summed E-state index contributed by atoms with van der Waals surface area (Å²) in [6.07, 6.45) is 3.34. The molecule has 4 aromatic rings. The molecule has 4 aliphatic rings. The molecule has 0 radical (unpaired) electrons. The number of hydrogen-bond acceptors (Lipinski definition) is 8. The summed E-state index contributed by atoms with van der Waals surface area (Å²) >= 11 is 0. The zero-order valence-electron chi connectivity index (χ0n) is 28.8. The Bertz CT molecular complexity index is 2180. The van der Waals surface area contributed by atoms with Crippen molar-refractivity contribution in [2.75, 3.05) is 11.5 Å². The molecule has 262 valence electrons. The summed E-state index contributed by atoms with van der Waals surface area (Å²) in [5.74, 6) is -0.629. The molecule has 0 heterocycles. The fourth-order valence-electron chi connectivity index (χ4n) is 10.3. The summed E-state index contributed by atoms with van der Waals surface area (Å²) in [5, 5.41) is 2.85. The van der Waals surface area contributed by atoms with Gasteiger partial charge in [-0.3, -0.25) is 9.59 Å². The highest BCUT2D eigenvalue weighted by Crippen LogP contribution is 2.65. The van der Waals surface area contributed by atoms with Gasteiger partial charge in [0.05, 0.1) is 22.3 Å². The molecule has 4 bridgehead atoms. The standard InChI is InChI=1S/C40H42O8S2/c1-37(2)27-17-19-39(37,33(41)21-27)23-49(43,44)47-31-15-13-25-9-5-7-11-29(25)35(31)36-30-12-8-6-10-26(30)14-16-32(36)48-50(45,46)24-40-20-18-28(22-34(40)42)38(40,3)4/h5-16,27-28H,17-24H2,1-4H3/t27-,28-,39-,40-/m1/s1. The lowest BCUT2D eigenvalue weighted by Gasteiger charge is -2.36. The number of carbonyl (C=O) groups excluding carboxylic acids is 2. The van der Waals surface area contributed by atoms with Crippen LogP contribution in [-0.4, -0.2) is 39.9 Å². The molecule has 4 saturated carbocycles. The van der Waals surface area contributed by atoms with E-state index in [1.54, 1.807) is 24.3 Å². The first kappa shape index (κ1) is 33.4. The van der Waals surface area contributed by atoms with Crippen LogP contribution in [0.1, 0.15) is 66.2 Å². The fraction of sp³-hybridized carbons (Fsp3) is 0.450. The molecular formula is C40H42O8S2. The summed E-state index contributed by atoms with van der Waals surface area (Å²) in [6, 6.07) is 21.6. The lowest BCUT2D eigenvalue weighted by molar-refractivity contribution is -0.128. The average Bonchev–Trinajstić information content (AvgIpc) is 3.57. The van der Waals surface area contributed by atoms with Gasteiger partial charge < -0.3 is 8.37 Å². The highest BCUT2D eigenvalue weighted by atomic mass is 32.2. The van der Waals surface area contributed by atoms with Gasteiger partial charge in [-0.1, -0.05) is 88.4 Å². The quantitative estimate of drug-likeness (QED) is 0.161. The van der Waals surface area contributed by atoms with E-state index in [-0.39, 0.29) is 34.9 Å². The van der Waals surface area contributed by atoms with Crippen LogP contribution in [0.5, 0.6) is 11.5 Å². The number of hydrogen-bond donors (Lipinski definition) is 0. The fourth-order valence-corrected chi connectivity index (χ4v) is 13.8. The third-order valence-corrected chi connectivity index (χ3v) is 16.1. The third-order valence-electron chi connectivity index (χ3n) is 13.6. The highest BCUT2D eigenvalue weighted by molar-refractivity contribution is 7.87. The second-order valence-corrected chi connectivity index (χ2v) is 19.4. The van der Waals surface area contributed by atoms with Crippen LogP contribution in [0.25, 0.3) is 32.7 Å². The van der Waals surface area contributed by atoms with Gasteiger partial charge in [-0.05, 0) is 82.0 Å². The molecule has 0 spiro atoms. The maximum absolute atomic E-state index is 14.1. The van der Waals surface area contributed by atoms with Gasteiger partial charge in [-0.2, -0.15) is 16.8 Å². The van der Waals surface area contributed by atoms with Crippen molar-refractivity contribution >= 4 is 53.3 Å². The molecule has 0 amide bonds. The van der Waals surface area contributed by atoms with Crippen molar-refractivity contribution in [3.05, 3.63) is 72.8 Å². The van der Waals surface area contributed by atoms with E-state index in [2.05, 4.69) is 0 Å². The Labute approximate surface area is 293 Å². The largest absolute Gasteiger partial charge is 0.382 e. The zero-order chi connectivity index (χ0) is 35.5. The van der Waals surface area contributed by atoms with Gasteiger partial charge in [-0.15, -0.1) is 0 Å². The minimum atomic E-state index is -4.33. The Hall–Kier alpha value is -3.76. The maximum atomic E-state index is 14.1. The lowest BCUT2D eigenvalue weighted by atomic mass is 9.70. The van der Waals surface area contributed by atoms with Crippen molar-refractivity contribution in [1.29, 1.82) is 0 Å². The van der Waals surface area contributed by atoms with Crippen LogP contribution in [0.4, 0.5) is 0 Å². The van der Waals surface area contributed by atoms with Crippen molar-refractivity contribution in [2.45, 2.75) is 66.2 Å². The van der Waals surface area contributed by atoms with E-state index in [4.69, 9.17) is 8.37 Å². The molecule has 0 unspecified atom stereocenters. The molecule has 8 nitrogen and oxygen atoms in total. The summed E-state index contributed by atoms with van der Waals surface area (Å²) in [6.45, 7) is 7.94. The number of Topliss-reactive ketones (excluding diaryl/α,β-unsaturated/α-hetero) is 2. The first-order valence-electron chi connectivity index (χ1n) is 17.5. The number of ketones is 2. The smallest absolute Gasteiger partial charge is 0.310 e. The maximum Gasteiger partial charge on any atom is 0.310 e. The van der Waals surface area contributed by atoms with Crippen molar-refractivity contribution in [3.8, 4) is 22.6 Å². The van der Waals surface area contributed by atoms with E-state index in [1.165, 1.54) is 0 Å². The SMILES string of the molecule is CC1(C)[C@@H]2CC[C@@]1(CS(=O)(=O)Oc1ccc3ccccc3c1-c1c(OS(=O)(=O)C[C@]34CC[C@H](CC3=O)C4(C)C)ccc3ccccc13)C(=O)C2. The van der Waals surface area contributed by atoms with Crippen LogP contribution >= 0.6 is 0 Å². The summed E-state index contributed by atoms with van der Waals surface area (Å²) in [7, 11) is -8.65. The summed E-state index contributed by atoms with van der Waals surface area (Å²) in [4.78, 5) is 26.6. The van der Waals surface area contributed by atoms with E-state index in [0.29, 0.717) is 47.6 Å². The van der Waals surface area contributed by atoms with Gasteiger partial charge in [-0.25, -0.2) is 0 Å². The van der Waals surface area contributed by atoms with Crippen LogP contribution in [0, 0.1) is 33.5 Å². The van der Waals surface area contributed by atoms with Gasteiger partial charge in [0.1, 0.15) is 11.6 Å². The predicted molar refractivity (Wildman–Crippen MR) is 193 cm³/mol. The third kappa shape index (κ3) is 4.73. The molecule has 4 aliphatic carbocycles. The van der Waals surface area contributed by atoms with Crippen LogP contribution in [0.3, 0.4) is 0 Å². The van der Waals surface area contributed by atoms with Crippen molar-refractivity contribution < 1.29 is 34.8 Å². The second-order valence-electron chi connectivity index (χ2n) is 16.2. The van der Waals surface area contributed by atoms with Crippen molar-refractivity contribution in [2.24, 2.45) is 33.5 Å². The molecular weight excluding hydrogens is 673 g/mol. The monoisotopic (exact) mass is 714 g/mol. The van der Waals surface area contributed by atoms with Crippen LogP contribution in [-0.2, 0) is 29.8 Å². The Morgan fingerprint density at radius 3 is 1.30 bits per heavy atom. The van der Waals surface area contributed by atoms with Gasteiger partial charge in [0.2, 0.25) is 0 Å². The molecule has 50 heavy (non-hydrogen) atoms. The van der Waals surface area contributed by atoms with Crippen molar-refractivity contribution in [1.82, 2.24) is 0 Å². The van der Waals surface area contributed by atoms with Crippen molar-refractivity contribution in [3.63, 3.8) is 0 Å². The summed E-state index contributed by atoms with van der Waals surface area (Å²) < 4.78 is 68.4. The van der Waals surface area contributed by atoms with Crippen LogP contribution in [0.15, 0.2) is 72.8 Å². The normalized spacial score (nSPS) is 28.2. The first-order valence-corrected chi connectivity index (χ1v) is 20.6. The minimum Gasteiger partial charge on any atom is -0.382 e. The number of carbonyl (C=O) groups is 2. The van der Waals surface area contributed by atoms with Gasteiger partial charge in [0.15, 0.2) is 11.5 Å². The van der Waals surface area contributed by atoms with Crippen LogP contribution < -0.4 is 8.37 Å². The molecule has 0 saturated heterocycles. The molecule has 10 heteroatoms. The number of rotatable bonds is 9. The Morgan fingerprint density at radius 1 is 0.580 bits per heavy atom. The topological polar surface area (TPSA) is 121 Å². The zero-order valence-corrected chi connectivity index (χ0v) is 30.5. The van der Waals surface area contributed by atoms with Gasteiger partial charge in [0.25, 0.3) is 0 Å². The van der Waals surface area contributed by atoms with E-state index in [1.807, 2.05) is 76.2 Å². The first-order chi connectivity index (χ1) is 23.5. The molecule has 0 aromatic heterocycles. The van der Waals surface area contributed by atoms with Gasteiger partial charge in [0, 0.05) is 24.0 Å². The van der Waals surface area contributed by atoms with E-state index in [0.717, 1.165) is 23.6 Å². The summed E-state index contributed by atoms with van der Waals surface area (Å²) in [5.41, 5.74) is -2.29. The Kier molecular flexibility index (Phi) is 7.26. The number of fused-ring (bicyclic) bond motifs is 6. The van der Waals surface area contributed by atoms with E-state index in [9.17, 15) is 26.4 Å². The van der Waals surface area contributed by atoms with E-state index >= 15 is 0 Å². The average molecular weight is 715 g/mol. The van der Waals surface area contributed by atoms with Gasteiger partial charge >= 0.3 is 20.2 Å². The Balaban J connectivity index is 1.26. The predicted octanol–water partition coefficient (Wildman–Crippen LogP) is 7.87. The molecule has 8 rings (SSSR count). The number of benzene rings is 4. The molecule has 0 N–H and O–H groups in total. The molecule has 4 fully saturated rings. The molecule has 0 aliphatic heterocycles. The molecule has 4 aromatic carbocycles. The second kappa shape index (κ2) is 10.9. The van der Waals surface area contributed by atoms with Crippen LogP contribution in [0.2, 0.25) is 0 Å². The molecule has 4 atom stereocenters. The Morgan fingerprint density at radius 2 is 0.960 bits per heavy atom. The minimum absolute atomic E-state index is 0.0147. The lowest BCUT2D eigenvalue weighted by Crippen LogP contribution is -2.43. The highest BCUT2D eigenvalue weighted by Gasteiger charge is 2.66.